The maximum absolute atomic E-state index is 13.0. The topological polar surface area (TPSA) is 58.6 Å². The van der Waals surface area contributed by atoms with Gasteiger partial charge >= 0.3 is 0 Å². The van der Waals surface area contributed by atoms with E-state index in [0.29, 0.717) is 0 Å². The minimum atomic E-state index is -0.999. The first kappa shape index (κ1) is 17.2. The molecule has 2 aromatic rings. The van der Waals surface area contributed by atoms with E-state index >= 15 is 0 Å². The summed E-state index contributed by atoms with van der Waals surface area (Å²) in [6.07, 6.45) is -0.999. The van der Waals surface area contributed by atoms with E-state index in [1.54, 1.807) is 6.07 Å². The van der Waals surface area contributed by atoms with Gasteiger partial charge in [0.15, 0.2) is 0 Å². The van der Waals surface area contributed by atoms with Gasteiger partial charge in [-0.1, -0.05) is 17.7 Å². The van der Waals surface area contributed by atoms with Gasteiger partial charge in [-0.3, -0.25) is 4.79 Å². The lowest BCUT2D eigenvalue weighted by Crippen LogP contribution is -2.35. The zero-order chi connectivity index (χ0) is 16.8. The summed E-state index contributed by atoms with van der Waals surface area (Å²) >= 11 is 5.77. The minimum Gasteiger partial charge on any atom is -0.491 e. The van der Waals surface area contributed by atoms with Crippen molar-refractivity contribution in [3.8, 4) is 5.75 Å². The number of ether oxygens (including phenoxy) is 1. The Labute approximate surface area is 136 Å². The molecule has 23 heavy (non-hydrogen) atoms. The molecule has 0 heterocycles. The predicted molar refractivity (Wildman–Crippen MR) is 81.6 cm³/mol. The van der Waals surface area contributed by atoms with Gasteiger partial charge in [-0.2, -0.15) is 0 Å². The van der Waals surface area contributed by atoms with Crippen molar-refractivity contribution in [2.45, 2.75) is 6.10 Å². The van der Waals surface area contributed by atoms with Crippen LogP contribution >= 0.6 is 11.6 Å². The third-order valence-electron chi connectivity index (χ3n) is 2.91. The maximum Gasteiger partial charge on any atom is 0.252 e. The van der Waals surface area contributed by atoms with Gasteiger partial charge < -0.3 is 15.2 Å². The lowest BCUT2D eigenvalue weighted by Gasteiger charge is -2.13. The lowest BCUT2D eigenvalue weighted by molar-refractivity contribution is 0.0843. The summed E-state index contributed by atoms with van der Waals surface area (Å²) in [6, 6.07) is 8.88. The molecule has 7 heteroatoms. The molecule has 0 radical (unpaired) electrons. The molecule has 1 unspecified atom stereocenters. The first-order valence-corrected chi connectivity index (χ1v) is 7.13. The number of aliphatic hydroxyl groups is 1. The van der Waals surface area contributed by atoms with E-state index in [-0.39, 0.29) is 29.5 Å². The van der Waals surface area contributed by atoms with Crippen LogP contribution in [0.2, 0.25) is 5.02 Å². The standard InChI is InChI=1S/C16H14ClF2NO3/c17-15-7-11(19)4-5-14(15)16(22)20-8-12(21)9-23-13-3-1-2-10(18)6-13/h1-7,12,21H,8-9H2,(H,20,22). The molecule has 122 valence electrons. The second kappa shape index (κ2) is 7.89. The van der Waals surface area contributed by atoms with Crippen LogP contribution in [0, 0.1) is 11.6 Å². The highest BCUT2D eigenvalue weighted by atomic mass is 35.5. The molecule has 2 aromatic carbocycles. The van der Waals surface area contributed by atoms with Crippen molar-refractivity contribution in [2.75, 3.05) is 13.2 Å². The Morgan fingerprint density at radius 1 is 1.22 bits per heavy atom. The molecular weight excluding hydrogens is 328 g/mol. The quantitative estimate of drug-likeness (QED) is 0.849. The second-order valence-corrected chi connectivity index (χ2v) is 5.16. The van der Waals surface area contributed by atoms with Crippen molar-refractivity contribution < 1.29 is 23.4 Å². The molecule has 0 spiro atoms. The Kier molecular flexibility index (Phi) is 5.90. The summed E-state index contributed by atoms with van der Waals surface area (Å²) in [5.41, 5.74) is 0.103. The number of nitrogens with one attached hydrogen (secondary N) is 1. The van der Waals surface area contributed by atoms with E-state index in [9.17, 15) is 18.7 Å². The Balaban J connectivity index is 1.81. The van der Waals surface area contributed by atoms with E-state index in [1.165, 1.54) is 24.3 Å². The number of benzene rings is 2. The Morgan fingerprint density at radius 3 is 2.65 bits per heavy atom. The number of aliphatic hydroxyl groups excluding tert-OH is 1. The van der Waals surface area contributed by atoms with E-state index in [1.807, 2.05) is 0 Å². The van der Waals surface area contributed by atoms with Gasteiger partial charge in [0.2, 0.25) is 0 Å². The smallest absolute Gasteiger partial charge is 0.252 e. The molecule has 1 atom stereocenters. The fourth-order valence-electron chi connectivity index (χ4n) is 1.79. The molecule has 0 aliphatic rings. The highest BCUT2D eigenvalue weighted by Gasteiger charge is 2.13. The van der Waals surface area contributed by atoms with Gasteiger partial charge in [0.25, 0.3) is 5.91 Å². The van der Waals surface area contributed by atoms with Crippen molar-refractivity contribution in [3.63, 3.8) is 0 Å². The monoisotopic (exact) mass is 341 g/mol. The number of carbonyl (C=O) groups excluding carboxylic acids is 1. The SMILES string of the molecule is O=C(NCC(O)COc1cccc(F)c1)c1ccc(F)cc1Cl. The number of carbonyl (C=O) groups is 1. The lowest BCUT2D eigenvalue weighted by atomic mass is 10.2. The zero-order valence-electron chi connectivity index (χ0n) is 11.9. The van der Waals surface area contributed by atoms with Crippen LogP contribution in [0.25, 0.3) is 0 Å². The number of hydrogen-bond donors (Lipinski definition) is 2. The summed E-state index contributed by atoms with van der Waals surface area (Å²) in [7, 11) is 0. The molecule has 0 bridgehead atoms. The molecule has 0 aliphatic heterocycles. The van der Waals surface area contributed by atoms with Crippen LogP contribution in [0.5, 0.6) is 5.75 Å². The predicted octanol–water partition coefficient (Wildman–Crippen LogP) is 2.79. The summed E-state index contributed by atoms with van der Waals surface area (Å²) in [6.45, 7) is -0.220. The number of halogens is 3. The van der Waals surface area contributed by atoms with Gasteiger partial charge in [-0.15, -0.1) is 0 Å². The molecule has 4 nitrogen and oxygen atoms in total. The number of rotatable bonds is 6. The molecule has 0 aromatic heterocycles. The van der Waals surface area contributed by atoms with E-state index in [4.69, 9.17) is 16.3 Å². The van der Waals surface area contributed by atoms with Crippen molar-refractivity contribution in [2.24, 2.45) is 0 Å². The summed E-state index contributed by atoms with van der Waals surface area (Å²) in [5, 5.41) is 12.2. The Hall–Kier alpha value is -2.18. The molecule has 0 aliphatic carbocycles. The number of hydrogen-bond acceptors (Lipinski definition) is 3. The first-order chi connectivity index (χ1) is 11.0. The van der Waals surface area contributed by atoms with E-state index in [0.717, 1.165) is 12.1 Å². The number of amides is 1. The minimum absolute atomic E-state index is 0.0204. The highest BCUT2D eigenvalue weighted by molar-refractivity contribution is 6.33. The van der Waals surface area contributed by atoms with Gasteiger partial charge in [0.1, 0.15) is 30.1 Å². The van der Waals surface area contributed by atoms with Gasteiger partial charge in [-0.05, 0) is 30.3 Å². The maximum atomic E-state index is 13.0. The van der Waals surface area contributed by atoms with Crippen LogP contribution < -0.4 is 10.1 Å². The fourth-order valence-corrected chi connectivity index (χ4v) is 2.04. The van der Waals surface area contributed by atoms with Crippen molar-refractivity contribution in [1.82, 2.24) is 5.32 Å². The molecular formula is C16H14ClF2NO3. The van der Waals surface area contributed by atoms with Crippen molar-refractivity contribution in [3.05, 3.63) is 64.7 Å². The molecule has 2 N–H and O–H groups in total. The van der Waals surface area contributed by atoms with Crippen LogP contribution in [0.1, 0.15) is 10.4 Å². The highest BCUT2D eigenvalue weighted by Crippen LogP contribution is 2.17. The third kappa shape index (κ3) is 5.19. The van der Waals surface area contributed by atoms with Crippen molar-refractivity contribution >= 4 is 17.5 Å². The Bertz CT molecular complexity index is 697. The van der Waals surface area contributed by atoms with E-state index in [2.05, 4.69) is 5.32 Å². The average Bonchev–Trinajstić information content (AvgIpc) is 2.50. The average molecular weight is 342 g/mol. The largest absolute Gasteiger partial charge is 0.491 e. The van der Waals surface area contributed by atoms with Gasteiger partial charge in [-0.25, -0.2) is 8.78 Å². The normalized spacial score (nSPS) is 11.8. The van der Waals surface area contributed by atoms with Crippen LogP contribution in [-0.4, -0.2) is 30.3 Å². The summed E-state index contributed by atoms with van der Waals surface area (Å²) < 4.78 is 31.1. The van der Waals surface area contributed by atoms with E-state index < -0.39 is 23.6 Å². The summed E-state index contributed by atoms with van der Waals surface area (Å²) in [4.78, 5) is 11.9. The third-order valence-corrected chi connectivity index (χ3v) is 3.23. The van der Waals surface area contributed by atoms with Crippen LogP contribution in [-0.2, 0) is 0 Å². The zero-order valence-corrected chi connectivity index (χ0v) is 12.7. The van der Waals surface area contributed by atoms with Gasteiger partial charge in [0.05, 0.1) is 10.6 Å². The molecule has 0 saturated heterocycles. The molecule has 1 amide bonds. The Morgan fingerprint density at radius 2 is 1.96 bits per heavy atom. The van der Waals surface area contributed by atoms with Crippen LogP contribution in [0.4, 0.5) is 8.78 Å². The molecule has 2 rings (SSSR count). The van der Waals surface area contributed by atoms with Crippen molar-refractivity contribution in [1.29, 1.82) is 0 Å². The van der Waals surface area contributed by atoms with Crippen LogP contribution in [0.3, 0.4) is 0 Å². The second-order valence-electron chi connectivity index (χ2n) is 4.76. The molecule has 0 saturated carbocycles. The summed E-state index contributed by atoms with van der Waals surface area (Å²) in [5.74, 6) is -1.26. The van der Waals surface area contributed by atoms with Crippen LogP contribution in [0.15, 0.2) is 42.5 Å². The van der Waals surface area contributed by atoms with Gasteiger partial charge in [0, 0.05) is 12.6 Å². The first-order valence-electron chi connectivity index (χ1n) is 6.75. The fraction of sp³-hybridized carbons (Fsp3) is 0.188. The molecule has 0 fully saturated rings.